The Labute approximate surface area is 151 Å². The van der Waals surface area contributed by atoms with Crippen LogP contribution in [-0.4, -0.2) is 52.2 Å². The molecule has 5 aliphatic rings. The maximum absolute atomic E-state index is 5.59. The van der Waals surface area contributed by atoms with Crippen LogP contribution in [0, 0.1) is 11.8 Å². The lowest BCUT2D eigenvalue weighted by atomic mass is 9.83. The zero-order valence-electron chi connectivity index (χ0n) is 15.4. The Hall–Kier alpha value is -0.940. The number of hydrogen-bond donors (Lipinski definition) is 0. The van der Waals surface area contributed by atoms with Crippen molar-refractivity contribution in [1.29, 1.82) is 0 Å². The second-order valence-electron chi connectivity index (χ2n) is 9.07. The first-order chi connectivity index (χ1) is 12.3. The molecule has 0 radical (unpaired) electrons. The normalized spacial score (nSPS) is 32.2. The second-order valence-corrected chi connectivity index (χ2v) is 9.07. The first kappa shape index (κ1) is 16.2. The Kier molecular flexibility index (Phi) is 4.55. The van der Waals surface area contributed by atoms with Gasteiger partial charge in [0.25, 0.3) is 0 Å². The number of rotatable bonds is 5. The van der Waals surface area contributed by atoms with E-state index >= 15 is 0 Å². The lowest BCUT2D eigenvalue weighted by Gasteiger charge is -2.40. The zero-order valence-corrected chi connectivity index (χ0v) is 15.4. The highest BCUT2D eigenvalue weighted by atomic mass is 16.5. The molecule has 2 bridgehead atoms. The summed E-state index contributed by atoms with van der Waals surface area (Å²) in [6.07, 6.45) is 12.3. The van der Waals surface area contributed by atoms with Crippen LogP contribution in [0.3, 0.4) is 0 Å². The molecule has 5 fully saturated rings. The van der Waals surface area contributed by atoms with Crippen LogP contribution >= 0.6 is 0 Å². The standard InChI is InChI=1S/C20H32N4O/c1-2-7-17(6-1)20-21-19(22-25-20)14-23-10-16-8-9-18(13-23)24(12-16)11-15-4-3-5-15/h15-18H,1-14H2/t16-,18+/m1/s1. The molecule has 0 aromatic carbocycles. The molecule has 2 saturated carbocycles. The van der Waals surface area contributed by atoms with Gasteiger partial charge in [-0.05, 0) is 50.4 Å². The van der Waals surface area contributed by atoms with Crippen molar-refractivity contribution >= 4 is 0 Å². The highest BCUT2D eigenvalue weighted by Gasteiger charge is 2.36. The average Bonchev–Trinajstić information content (AvgIpc) is 3.18. The van der Waals surface area contributed by atoms with E-state index in [0.29, 0.717) is 5.92 Å². The molecule has 0 unspecified atom stereocenters. The van der Waals surface area contributed by atoms with Gasteiger partial charge in [-0.1, -0.05) is 24.4 Å². The molecule has 3 saturated heterocycles. The van der Waals surface area contributed by atoms with Gasteiger partial charge in [-0.25, -0.2) is 0 Å². The Balaban J connectivity index is 1.21. The van der Waals surface area contributed by atoms with Crippen molar-refractivity contribution in [3.8, 4) is 0 Å². The predicted molar refractivity (Wildman–Crippen MR) is 96.2 cm³/mol. The van der Waals surface area contributed by atoms with Crippen LogP contribution in [0.25, 0.3) is 0 Å². The van der Waals surface area contributed by atoms with Gasteiger partial charge >= 0.3 is 0 Å². The maximum atomic E-state index is 5.59. The summed E-state index contributed by atoms with van der Waals surface area (Å²) >= 11 is 0. The van der Waals surface area contributed by atoms with Crippen molar-refractivity contribution in [2.45, 2.75) is 76.3 Å². The molecular formula is C20H32N4O. The first-order valence-corrected chi connectivity index (χ1v) is 10.6. The van der Waals surface area contributed by atoms with Crippen molar-refractivity contribution in [3.05, 3.63) is 11.7 Å². The summed E-state index contributed by atoms with van der Waals surface area (Å²) in [5.41, 5.74) is 0. The maximum Gasteiger partial charge on any atom is 0.229 e. The summed E-state index contributed by atoms with van der Waals surface area (Å²) in [6, 6.07) is 0.751. The minimum absolute atomic E-state index is 0.527. The van der Waals surface area contributed by atoms with Crippen LogP contribution < -0.4 is 0 Å². The Morgan fingerprint density at radius 1 is 0.920 bits per heavy atom. The molecule has 0 spiro atoms. The highest BCUT2D eigenvalue weighted by Crippen LogP contribution is 2.34. The van der Waals surface area contributed by atoms with Gasteiger partial charge in [0, 0.05) is 38.1 Å². The van der Waals surface area contributed by atoms with Crippen molar-refractivity contribution in [3.63, 3.8) is 0 Å². The SMILES string of the molecule is C1CC(CN2C[C@@H]3CC[C@H]2CN(Cc2noc(C4CCCC4)n2)C3)C1. The predicted octanol–water partition coefficient (Wildman–Crippen LogP) is 3.42. The summed E-state index contributed by atoms with van der Waals surface area (Å²) in [7, 11) is 0. The highest BCUT2D eigenvalue weighted by molar-refractivity contribution is 4.98. The van der Waals surface area contributed by atoms with E-state index in [0.717, 1.165) is 36.1 Å². The van der Waals surface area contributed by atoms with E-state index in [9.17, 15) is 0 Å². The third kappa shape index (κ3) is 3.50. The van der Waals surface area contributed by atoms with Gasteiger partial charge in [0.2, 0.25) is 5.89 Å². The van der Waals surface area contributed by atoms with Gasteiger partial charge in [-0.2, -0.15) is 4.98 Å². The topological polar surface area (TPSA) is 45.4 Å². The van der Waals surface area contributed by atoms with E-state index in [1.165, 1.54) is 84.0 Å². The van der Waals surface area contributed by atoms with Gasteiger partial charge < -0.3 is 4.52 Å². The molecule has 2 aliphatic carbocycles. The van der Waals surface area contributed by atoms with Crippen molar-refractivity contribution in [1.82, 2.24) is 19.9 Å². The lowest BCUT2D eigenvalue weighted by Crippen LogP contribution is -2.46. The van der Waals surface area contributed by atoms with E-state index in [1.807, 2.05) is 0 Å². The van der Waals surface area contributed by atoms with Gasteiger partial charge in [-0.3, -0.25) is 9.80 Å². The molecular weight excluding hydrogens is 312 g/mol. The summed E-state index contributed by atoms with van der Waals surface area (Å²) < 4.78 is 5.59. The summed E-state index contributed by atoms with van der Waals surface area (Å²) in [4.78, 5) is 10.2. The van der Waals surface area contributed by atoms with Crippen LogP contribution in [0.2, 0.25) is 0 Å². The molecule has 5 heteroatoms. The number of aromatic nitrogens is 2. The van der Waals surface area contributed by atoms with E-state index in [4.69, 9.17) is 9.51 Å². The van der Waals surface area contributed by atoms with Crippen LogP contribution in [0.15, 0.2) is 4.52 Å². The molecule has 2 atom stereocenters. The molecule has 25 heavy (non-hydrogen) atoms. The Morgan fingerprint density at radius 3 is 2.60 bits per heavy atom. The summed E-state index contributed by atoms with van der Waals surface area (Å²) in [6.45, 7) is 5.95. The molecule has 1 aromatic rings. The molecule has 4 heterocycles. The number of nitrogens with zero attached hydrogens (tertiary/aromatic N) is 4. The average molecular weight is 345 g/mol. The van der Waals surface area contributed by atoms with Crippen LogP contribution in [-0.2, 0) is 6.54 Å². The molecule has 1 aromatic heterocycles. The van der Waals surface area contributed by atoms with Gasteiger partial charge in [-0.15, -0.1) is 0 Å². The fourth-order valence-corrected chi connectivity index (χ4v) is 5.51. The second kappa shape index (κ2) is 6.99. The minimum Gasteiger partial charge on any atom is -0.339 e. The van der Waals surface area contributed by atoms with Crippen LogP contribution in [0.5, 0.6) is 0 Å². The van der Waals surface area contributed by atoms with Gasteiger partial charge in [0.1, 0.15) is 0 Å². The molecule has 3 aliphatic heterocycles. The fraction of sp³-hybridized carbons (Fsp3) is 0.900. The minimum atomic E-state index is 0.527. The van der Waals surface area contributed by atoms with Crippen molar-refractivity contribution in [2.75, 3.05) is 26.2 Å². The zero-order chi connectivity index (χ0) is 16.6. The third-order valence-corrected chi connectivity index (χ3v) is 7.17. The summed E-state index contributed by atoms with van der Waals surface area (Å²) in [5, 5.41) is 4.30. The monoisotopic (exact) mass is 344 g/mol. The van der Waals surface area contributed by atoms with E-state index < -0.39 is 0 Å². The van der Waals surface area contributed by atoms with E-state index in [-0.39, 0.29) is 0 Å². The van der Waals surface area contributed by atoms with E-state index in [2.05, 4.69) is 15.0 Å². The van der Waals surface area contributed by atoms with Crippen LogP contribution in [0.4, 0.5) is 0 Å². The molecule has 6 rings (SSSR count). The third-order valence-electron chi connectivity index (χ3n) is 7.17. The Bertz CT molecular complexity index is 578. The quantitative estimate of drug-likeness (QED) is 0.819. The fourth-order valence-electron chi connectivity index (χ4n) is 5.51. The van der Waals surface area contributed by atoms with E-state index in [1.54, 1.807) is 0 Å². The lowest BCUT2D eigenvalue weighted by molar-refractivity contribution is 0.0890. The van der Waals surface area contributed by atoms with Crippen molar-refractivity contribution in [2.24, 2.45) is 11.8 Å². The van der Waals surface area contributed by atoms with Crippen molar-refractivity contribution < 1.29 is 4.52 Å². The number of piperidine rings is 1. The van der Waals surface area contributed by atoms with Crippen LogP contribution in [0.1, 0.15) is 75.4 Å². The smallest absolute Gasteiger partial charge is 0.229 e. The number of fused-ring (bicyclic) bond motifs is 4. The summed E-state index contributed by atoms with van der Waals surface area (Å²) in [5.74, 6) is 4.16. The van der Waals surface area contributed by atoms with Gasteiger partial charge in [0.05, 0.1) is 6.54 Å². The number of hydrogen-bond acceptors (Lipinski definition) is 5. The molecule has 138 valence electrons. The molecule has 5 nitrogen and oxygen atoms in total. The Morgan fingerprint density at radius 2 is 1.80 bits per heavy atom. The largest absolute Gasteiger partial charge is 0.339 e. The van der Waals surface area contributed by atoms with Gasteiger partial charge in [0.15, 0.2) is 5.82 Å². The molecule has 0 amide bonds. The first-order valence-electron chi connectivity index (χ1n) is 10.6. The molecule has 0 N–H and O–H groups in total.